The number of aliphatic hydroxyl groups is 1. The van der Waals surface area contributed by atoms with Crippen LogP contribution >= 0.6 is 11.8 Å². The highest BCUT2D eigenvalue weighted by molar-refractivity contribution is 8.00. The smallest absolute Gasteiger partial charge is 0.312 e. The fourth-order valence-electron chi connectivity index (χ4n) is 5.50. The summed E-state index contributed by atoms with van der Waals surface area (Å²) in [5, 5.41) is 10.3. The average molecular weight is 343 g/mol. The molecule has 3 aliphatic rings. The van der Waals surface area contributed by atoms with Gasteiger partial charge in [-0.15, -0.1) is 0 Å². The summed E-state index contributed by atoms with van der Waals surface area (Å²) in [6, 6.07) is 0. The maximum atomic E-state index is 12.0. The summed E-state index contributed by atoms with van der Waals surface area (Å²) >= 11 is 1.87. The molecule has 2 bridgehead atoms. The predicted octanol–water partition coefficient (Wildman–Crippen LogP) is 2.87. The minimum absolute atomic E-state index is 0.166. The number of methoxy groups -OCH3 is 2. The lowest BCUT2D eigenvalue weighted by atomic mass is 9.69. The first kappa shape index (κ1) is 17.6. The first-order valence-electron chi connectivity index (χ1n) is 8.77. The zero-order chi connectivity index (χ0) is 16.8. The highest BCUT2D eigenvalue weighted by Crippen LogP contribution is 2.67. The highest BCUT2D eigenvalue weighted by atomic mass is 32.2. The molecule has 0 spiro atoms. The van der Waals surface area contributed by atoms with Gasteiger partial charge in [0.1, 0.15) is 0 Å². The number of ether oxygens (including phenoxy) is 2. The van der Waals surface area contributed by atoms with Gasteiger partial charge in [0, 0.05) is 23.5 Å². The third-order valence-electron chi connectivity index (χ3n) is 7.23. The summed E-state index contributed by atoms with van der Waals surface area (Å²) in [6.45, 7) is 4.79. The SMILES string of the molecule is COC(=O)[C@@H]1[C@@H](SC[C@]23CC[C@H](C[C@H]2OC)C3(C)C)CC[C@@H]1O. The van der Waals surface area contributed by atoms with E-state index < -0.39 is 6.10 Å². The number of rotatable bonds is 5. The lowest BCUT2D eigenvalue weighted by Crippen LogP contribution is -2.43. The molecule has 6 atom stereocenters. The van der Waals surface area contributed by atoms with Gasteiger partial charge < -0.3 is 14.6 Å². The van der Waals surface area contributed by atoms with Crippen LogP contribution in [0.15, 0.2) is 0 Å². The second-order valence-corrected chi connectivity index (χ2v) is 9.34. The Labute approximate surface area is 143 Å². The van der Waals surface area contributed by atoms with Gasteiger partial charge in [0.2, 0.25) is 0 Å². The molecule has 0 aromatic rings. The van der Waals surface area contributed by atoms with Crippen molar-refractivity contribution in [3.05, 3.63) is 0 Å². The summed E-state index contributed by atoms with van der Waals surface area (Å²) in [5.41, 5.74) is 0.490. The van der Waals surface area contributed by atoms with E-state index in [1.54, 1.807) is 0 Å². The van der Waals surface area contributed by atoms with E-state index in [1.165, 1.54) is 20.0 Å². The van der Waals surface area contributed by atoms with Crippen molar-refractivity contribution in [1.29, 1.82) is 0 Å². The molecule has 3 aliphatic carbocycles. The summed E-state index contributed by atoms with van der Waals surface area (Å²) in [5.74, 6) is 1.13. The van der Waals surface area contributed by atoms with Gasteiger partial charge >= 0.3 is 5.97 Å². The maximum absolute atomic E-state index is 12.0. The number of carbonyl (C=O) groups excluding carboxylic acids is 1. The van der Waals surface area contributed by atoms with Crippen LogP contribution < -0.4 is 0 Å². The van der Waals surface area contributed by atoms with Crippen molar-refractivity contribution in [3.63, 3.8) is 0 Å². The van der Waals surface area contributed by atoms with E-state index in [0.717, 1.165) is 24.5 Å². The molecule has 0 unspecified atom stereocenters. The monoisotopic (exact) mass is 342 g/mol. The zero-order valence-electron chi connectivity index (χ0n) is 14.7. The van der Waals surface area contributed by atoms with E-state index in [0.29, 0.717) is 17.9 Å². The van der Waals surface area contributed by atoms with Crippen molar-refractivity contribution in [3.8, 4) is 0 Å². The third-order valence-corrected chi connectivity index (χ3v) is 8.87. The Balaban J connectivity index is 1.73. The van der Waals surface area contributed by atoms with E-state index in [-0.39, 0.29) is 22.6 Å². The van der Waals surface area contributed by atoms with E-state index >= 15 is 0 Å². The van der Waals surface area contributed by atoms with Gasteiger partial charge in [0.15, 0.2) is 0 Å². The van der Waals surface area contributed by atoms with E-state index in [9.17, 15) is 9.90 Å². The van der Waals surface area contributed by atoms with Gasteiger partial charge in [0.05, 0.1) is 25.2 Å². The van der Waals surface area contributed by atoms with Crippen LogP contribution in [-0.4, -0.2) is 48.5 Å². The zero-order valence-corrected chi connectivity index (χ0v) is 15.5. The molecule has 3 fully saturated rings. The van der Waals surface area contributed by atoms with Crippen molar-refractivity contribution in [2.45, 2.75) is 63.4 Å². The minimum Gasteiger partial charge on any atom is -0.469 e. The van der Waals surface area contributed by atoms with Crippen molar-refractivity contribution in [1.82, 2.24) is 0 Å². The lowest BCUT2D eigenvalue weighted by Gasteiger charge is -2.42. The van der Waals surface area contributed by atoms with Gasteiger partial charge in [-0.3, -0.25) is 4.79 Å². The van der Waals surface area contributed by atoms with Crippen LogP contribution in [-0.2, 0) is 14.3 Å². The normalized spacial score (nSPS) is 44.7. The van der Waals surface area contributed by atoms with Crippen LogP contribution in [0.2, 0.25) is 0 Å². The molecule has 4 nitrogen and oxygen atoms in total. The van der Waals surface area contributed by atoms with Crippen LogP contribution in [0.1, 0.15) is 46.0 Å². The van der Waals surface area contributed by atoms with Gasteiger partial charge in [0.25, 0.3) is 0 Å². The van der Waals surface area contributed by atoms with Crippen molar-refractivity contribution in [2.24, 2.45) is 22.7 Å². The summed E-state index contributed by atoms with van der Waals surface area (Å²) in [4.78, 5) is 12.0. The minimum atomic E-state index is -0.552. The second kappa shape index (κ2) is 6.23. The number of fused-ring (bicyclic) bond motifs is 2. The molecule has 0 aromatic heterocycles. The molecule has 23 heavy (non-hydrogen) atoms. The molecule has 3 rings (SSSR count). The molecule has 132 valence electrons. The van der Waals surface area contributed by atoms with Gasteiger partial charge in [-0.25, -0.2) is 0 Å². The first-order valence-corrected chi connectivity index (χ1v) is 9.82. The molecular weight excluding hydrogens is 312 g/mol. The largest absolute Gasteiger partial charge is 0.469 e. The summed E-state index contributed by atoms with van der Waals surface area (Å²) in [6.07, 6.45) is 5.04. The number of thioether (sulfide) groups is 1. The average Bonchev–Trinajstić information content (AvgIpc) is 3.09. The molecule has 5 heteroatoms. The predicted molar refractivity (Wildman–Crippen MR) is 91.3 cm³/mol. The number of carbonyl (C=O) groups is 1. The number of hydrogen-bond donors (Lipinski definition) is 1. The number of hydrogen-bond acceptors (Lipinski definition) is 5. The topological polar surface area (TPSA) is 55.8 Å². The molecule has 0 heterocycles. The Morgan fingerprint density at radius 3 is 2.61 bits per heavy atom. The summed E-state index contributed by atoms with van der Waals surface area (Å²) < 4.78 is 10.8. The van der Waals surface area contributed by atoms with Crippen molar-refractivity contribution >= 4 is 17.7 Å². The Kier molecular flexibility index (Phi) is 4.76. The first-order chi connectivity index (χ1) is 10.9. The molecular formula is C18H30O4S. The standard InChI is InChI=1S/C18H30O4S/c1-17(2)11-7-8-18(17,14(9-11)21-3)10-23-13-6-5-12(19)15(13)16(20)22-4/h11-15,19H,5-10H2,1-4H3/t11-,12+,13+,14-,15+,18-/m1/s1. The van der Waals surface area contributed by atoms with Crippen LogP contribution in [0, 0.1) is 22.7 Å². The lowest BCUT2D eigenvalue weighted by molar-refractivity contribution is -0.148. The van der Waals surface area contributed by atoms with Gasteiger partial charge in [-0.2, -0.15) is 11.8 Å². The van der Waals surface area contributed by atoms with E-state index in [1.807, 2.05) is 18.9 Å². The Bertz CT molecular complexity index is 466. The highest BCUT2D eigenvalue weighted by Gasteiger charge is 2.64. The summed E-state index contributed by atoms with van der Waals surface area (Å²) in [7, 11) is 3.25. The Morgan fingerprint density at radius 1 is 1.26 bits per heavy atom. The van der Waals surface area contributed by atoms with Gasteiger partial charge in [-0.1, -0.05) is 13.8 Å². The van der Waals surface area contributed by atoms with Crippen LogP contribution in [0.3, 0.4) is 0 Å². The molecule has 3 saturated carbocycles. The van der Waals surface area contributed by atoms with Crippen LogP contribution in [0.25, 0.3) is 0 Å². The molecule has 1 N–H and O–H groups in total. The number of esters is 1. The van der Waals surface area contributed by atoms with E-state index in [2.05, 4.69) is 13.8 Å². The Hall–Kier alpha value is -0.260. The van der Waals surface area contributed by atoms with Crippen molar-refractivity contribution < 1.29 is 19.4 Å². The molecule has 0 aromatic carbocycles. The second-order valence-electron chi connectivity index (χ2n) is 8.12. The third kappa shape index (κ3) is 2.54. The van der Waals surface area contributed by atoms with E-state index in [4.69, 9.17) is 9.47 Å². The van der Waals surface area contributed by atoms with Crippen LogP contribution in [0.4, 0.5) is 0 Å². The molecule has 0 aliphatic heterocycles. The number of aliphatic hydroxyl groups excluding tert-OH is 1. The molecule has 0 radical (unpaired) electrons. The maximum Gasteiger partial charge on any atom is 0.312 e. The van der Waals surface area contributed by atoms with Gasteiger partial charge in [-0.05, 0) is 43.4 Å². The molecule has 0 saturated heterocycles. The molecule has 0 amide bonds. The van der Waals surface area contributed by atoms with Crippen molar-refractivity contribution in [2.75, 3.05) is 20.0 Å². The fraction of sp³-hybridized carbons (Fsp3) is 0.944. The van der Waals surface area contributed by atoms with Crippen LogP contribution in [0.5, 0.6) is 0 Å². The Morgan fingerprint density at radius 2 is 2.00 bits per heavy atom. The fourth-order valence-corrected chi connectivity index (χ4v) is 7.51. The quantitative estimate of drug-likeness (QED) is 0.779.